The van der Waals surface area contributed by atoms with E-state index >= 15 is 0 Å². The molecule has 23 heavy (non-hydrogen) atoms. The van der Waals surface area contributed by atoms with E-state index in [0.717, 1.165) is 16.8 Å². The average Bonchev–Trinajstić information content (AvgIpc) is 2.53. The molecule has 0 amide bonds. The van der Waals surface area contributed by atoms with Gasteiger partial charge in [-0.15, -0.1) is 0 Å². The SMILES string of the molecule is CCOc1cc(C=Nc2ccccc2C)ccc1OCC(=O)O. The van der Waals surface area contributed by atoms with Gasteiger partial charge in [-0.3, -0.25) is 4.99 Å². The molecule has 5 heteroatoms. The molecular weight excluding hydrogens is 294 g/mol. The summed E-state index contributed by atoms with van der Waals surface area (Å²) in [7, 11) is 0. The molecular formula is C18H19NO4. The molecule has 5 nitrogen and oxygen atoms in total. The normalized spacial score (nSPS) is 10.7. The van der Waals surface area contributed by atoms with Crippen molar-refractivity contribution in [2.75, 3.05) is 13.2 Å². The fourth-order valence-corrected chi connectivity index (χ4v) is 1.98. The largest absolute Gasteiger partial charge is 0.490 e. The van der Waals surface area contributed by atoms with E-state index in [1.807, 2.05) is 44.2 Å². The molecule has 0 spiro atoms. The van der Waals surface area contributed by atoms with Crippen LogP contribution in [0.4, 0.5) is 5.69 Å². The number of ether oxygens (including phenoxy) is 2. The van der Waals surface area contributed by atoms with Gasteiger partial charge in [0.25, 0.3) is 0 Å². The Bertz CT molecular complexity index is 710. The number of hydrogen-bond acceptors (Lipinski definition) is 4. The predicted octanol–water partition coefficient (Wildman–Crippen LogP) is 3.61. The summed E-state index contributed by atoms with van der Waals surface area (Å²) in [5, 5.41) is 8.70. The lowest BCUT2D eigenvalue weighted by Gasteiger charge is -2.11. The summed E-state index contributed by atoms with van der Waals surface area (Å²) >= 11 is 0. The summed E-state index contributed by atoms with van der Waals surface area (Å²) in [6, 6.07) is 13.1. The summed E-state index contributed by atoms with van der Waals surface area (Å²) < 4.78 is 10.7. The quantitative estimate of drug-likeness (QED) is 0.793. The van der Waals surface area contributed by atoms with E-state index in [4.69, 9.17) is 14.6 Å². The zero-order chi connectivity index (χ0) is 16.7. The van der Waals surface area contributed by atoms with Crippen LogP contribution in [0, 0.1) is 6.92 Å². The molecule has 0 aliphatic carbocycles. The molecule has 120 valence electrons. The minimum atomic E-state index is -1.03. The van der Waals surface area contributed by atoms with Gasteiger partial charge >= 0.3 is 5.97 Å². The first kappa shape index (κ1) is 16.5. The van der Waals surface area contributed by atoms with Gasteiger partial charge in [0.2, 0.25) is 0 Å². The lowest BCUT2D eigenvalue weighted by atomic mass is 10.2. The van der Waals surface area contributed by atoms with Crippen molar-refractivity contribution in [3.8, 4) is 11.5 Å². The van der Waals surface area contributed by atoms with Crippen LogP contribution in [-0.2, 0) is 4.79 Å². The molecule has 1 N–H and O–H groups in total. The third-order valence-electron chi connectivity index (χ3n) is 3.09. The van der Waals surface area contributed by atoms with Gasteiger partial charge < -0.3 is 14.6 Å². The lowest BCUT2D eigenvalue weighted by molar-refractivity contribution is -0.139. The Balaban J connectivity index is 2.21. The molecule has 0 unspecified atom stereocenters. The van der Waals surface area contributed by atoms with Crippen LogP contribution in [0.1, 0.15) is 18.1 Å². The number of rotatable bonds is 7. The molecule has 0 saturated heterocycles. The van der Waals surface area contributed by atoms with Crippen molar-refractivity contribution in [2.24, 2.45) is 4.99 Å². The van der Waals surface area contributed by atoms with E-state index in [9.17, 15) is 4.79 Å². The maximum atomic E-state index is 10.6. The molecule has 0 bridgehead atoms. The average molecular weight is 313 g/mol. The third kappa shape index (κ3) is 4.85. The third-order valence-corrected chi connectivity index (χ3v) is 3.09. The van der Waals surface area contributed by atoms with Gasteiger partial charge in [0, 0.05) is 6.21 Å². The van der Waals surface area contributed by atoms with E-state index in [1.165, 1.54) is 0 Å². The molecule has 0 fully saturated rings. The molecule has 0 heterocycles. The number of aliphatic carboxylic acids is 1. The van der Waals surface area contributed by atoms with Crippen LogP contribution in [0.3, 0.4) is 0 Å². The van der Waals surface area contributed by atoms with Crippen molar-refractivity contribution in [1.82, 2.24) is 0 Å². The zero-order valence-electron chi connectivity index (χ0n) is 13.2. The first-order valence-corrected chi connectivity index (χ1v) is 7.31. The number of aliphatic imine (C=N–C) groups is 1. The van der Waals surface area contributed by atoms with Crippen LogP contribution in [0.15, 0.2) is 47.5 Å². The van der Waals surface area contributed by atoms with Crippen LogP contribution >= 0.6 is 0 Å². The first-order chi connectivity index (χ1) is 11.1. The molecule has 2 aromatic carbocycles. The number of para-hydroxylation sites is 1. The van der Waals surface area contributed by atoms with Gasteiger partial charge in [-0.2, -0.15) is 0 Å². The Morgan fingerprint density at radius 3 is 2.65 bits per heavy atom. The highest BCUT2D eigenvalue weighted by Gasteiger charge is 2.08. The Labute approximate surface area is 135 Å². The highest BCUT2D eigenvalue weighted by atomic mass is 16.5. The number of carbonyl (C=O) groups is 1. The second kappa shape index (κ2) is 7.98. The molecule has 0 aliphatic heterocycles. The highest BCUT2D eigenvalue weighted by Crippen LogP contribution is 2.28. The van der Waals surface area contributed by atoms with E-state index < -0.39 is 12.6 Å². The van der Waals surface area contributed by atoms with Crippen molar-refractivity contribution < 1.29 is 19.4 Å². The summed E-state index contributed by atoms with van der Waals surface area (Å²) in [4.78, 5) is 15.1. The van der Waals surface area contributed by atoms with E-state index in [1.54, 1.807) is 18.3 Å². The summed E-state index contributed by atoms with van der Waals surface area (Å²) in [6.45, 7) is 3.91. The topological polar surface area (TPSA) is 68.1 Å². The van der Waals surface area contributed by atoms with Crippen LogP contribution in [0.25, 0.3) is 0 Å². The number of benzene rings is 2. The Kier molecular flexibility index (Phi) is 5.74. The minimum Gasteiger partial charge on any atom is -0.490 e. The number of nitrogens with zero attached hydrogens (tertiary/aromatic N) is 1. The van der Waals surface area contributed by atoms with Crippen molar-refractivity contribution >= 4 is 17.9 Å². The van der Waals surface area contributed by atoms with Crippen molar-refractivity contribution in [3.05, 3.63) is 53.6 Å². The Hall–Kier alpha value is -2.82. The Morgan fingerprint density at radius 1 is 1.17 bits per heavy atom. The fourth-order valence-electron chi connectivity index (χ4n) is 1.98. The second-order valence-corrected chi connectivity index (χ2v) is 4.87. The van der Waals surface area contributed by atoms with E-state index in [2.05, 4.69) is 4.99 Å². The molecule has 0 radical (unpaired) electrons. The molecule has 0 saturated carbocycles. The lowest BCUT2D eigenvalue weighted by Crippen LogP contribution is -2.10. The second-order valence-electron chi connectivity index (χ2n) is 4.87. The number of carboxylic acid groups (broad SMARTS) is 1. The fraction of sp³-hybridized carbons (Fsp3) is 0.222. The molecule has 0 aliphatic rings. The van der Waals surface area contributed by atoms with Crippen LogP contribution in [0.2, 0.25) is 0 Å². The van der Waals surface area contributed by atoms with Crippen LogP contribution < -0.4 is 9.47 Å². The summed E-state index contributed by atoms with van der Waals surface area (Å²) in [6.07, 6.45) is 1.74. The van der Waals surface area contributed by atoms with Crippen molar-refractivity contribution in [3.63, 3.8) is 0 Å². The van der Waals surface area contributed by atoms with Gasteiger partial charge in [-0.1, -0.05) is 18.2 Å². The highest BCUT2D eigenvalue weighted by molar-refractivity contribution is 5.83. The predicted molar refractivity (Wildman–Crippen MR) is 89.2 cm³/mol. The van der Waals surface area contributed by atoms with Gasteiger partial charge in [-0.05, 0) is 49.2 Å². The number of hydrogen-bond donors (Lipinski definition) is 1. The molecule has 0 atom stereocenters. The van der Waals surface area contributed by atoms with Gasteiger partial charge in [0.15, 0.2) is 18.1 Å². The van der Waals surface area contributed by atoms with Crippen molar-refractivity contribution in [2.45, 2.75) is 13.8 Å². The molecule has 2 rings (SSSR count). The van der Waals surface area contributed by atoms with Gasteiger partial charge in [0.05, 0.1) is 12.3 Å². The van der Waals surface area contributed by atoms with Crippen LogP contribution in [0.5, 0.6) is 11.5 Å². The number of carboxylic acids is 1. The number of aryl methyl sites for hydroxylation is 1. The van der Waals surface area contributed by atoms with Crippen LogP contribution in [-0.4, -0.2) is 30.5 Å². The van der Waals surface area contributed by atoms with E-state index in [0.29, 0.717) is 18.1 Å². The van der Waals surface area contributed by atoms with Gasteiger partial charge in [-0.25, -0.2) is 4.79 Å². The minimum absolute atomic E-state index is 0.405. The Morgan fingerprint density at radius 2 is 1.96 bits per heavy atom. The monoisotopic (exact) mass is 313 g/mol. The summed E-state index contributed by atoms with van der Waals surface area (Å²) in [5.74, 6) is -0.123. The first-order valence-electron chi connectivity index (χ1n) is 7.31. The van der Waals surface area contributed by atoms with E-state index in [-0.39, 0.29) is 0 Å². The van der Waals surface area contributed by atoms with Gasteiger partial charge in [0.1, 0.15) is 0 Å². The zero-order valence-corrected chi connectivity index (χ0v) is 13.2. The van der Waals surface area contributed by atoms with Crippen molar-refractivity contribution in [1.29, 1.82) is 0 Å². The standard InChI is InChI=1S/C18H19NO4/c1-3-22-17-10-14(8-9-16(17)23-12-18(20)21)11-19-15-7-5-4-6-13(15)2/h4-11H,3,12H2,1-2H3,(H,20,21). The maximum absolute atomic E-state index is 10.6. The maximum Gasteiger partial charge on any atom is 0.341 e. The smallest absolute Gasteiger partial charge is 0.341 e. The summed E-state index contributed by atoms with van der Waals surface area (Å²) in [5.41, 5.74) is 2.84. The molecule has 2 aromatic rings. The molecule has 0 aromatic heterocycles.